The van der Waals surface area contributed by atoms with Crippen LogP contribution >= 0.6 is 22.7 Å². The standard InChI is InChI=1S/C18H17N5O2S2/c1-25-14-6-4-12(5-7-14)20-17(24)19-9-8-13-11-27-18-21-16(22-23(13)18)15-3-2-10-26-15/h2-7,10-11H,8-9H2,1H3,(H2,19,20,24). The number of benzene rings is 1. The number of methoxy groups -OCH3 is 1. The number of ether oxygens (including phenoxy) is 1. The Labute approximate surface area is 163 Å². The van der Waals surface area contributed by atoms with Crippen LogP contribution in [0.25, 0.3) is 15.7 Å². The number of anilines is 1. The highest BCUT2D eigenvalue weighted by atomic mass is 32.1. The molecule has 138 valence electrons. The van der Waals surface area contributed by atoms with Gasteiger partial charge in [-0.3, -0.25) is 0 Å². The summed E-state index contributed by atoms with van der Waals surface area (Å²) in [5, 5.41) is 14.3. The summed E-state index contributed by atoms with van der Waals surface area (Å²) in [5.41, 5.74) is 1.73. The number of nitrogens with one attached hydrogen (secondary N) is 2. The number of nitrogens with zero attached hydrogens (tertiary/aromatic N) is 3. The fraction of sp³-hybridized carbons (Fsp3) is 0.167. The monoisotopic (exact) mass is 399 g/mol. The minimum absolute atomic E-state index is 0.246. The third-order valence-corrected chi connectivity index (χ3v) is 5.64. The first-order chi connectivity index (χ1) is 13.2. The second-order valence-corrected chi connectivity index (χ2v) is 7.48. The molecular weight excluding hydrogens is 382 g/mol. The number of urea groups is 1. The van der Waals surface area contributed by atoms with E-state index in [-0.39, 0.29) is 6.03 Å². The zero-order chi connectivity index (χ0) is 18.6. The molecule has 4 aromatic rings. The van der Waals surface area contributed by atoms with E-state index in [0.717, 1.165) is 27.1 Å². The van der Waals surface area contributed by atoms with Crippen LogP contribution in [0.5, 0.6) is 5.75 Å². The Kier molecular flexibility index (Phi) is 5.03. The summed E-state index contributed by atoms with van der Waals surface area (Å²) in [6.07, 6.45) is 0.670. The molecule has 3 aromatic heterocycles. The van der Waals surface area contributed by atoms with Crippen molar-refractivity contribution in [2.24, 2.45) is 0 Å². The topological polar surface area (TPSA) is 80.5 Å². The highest BCUT2D eigenvalue weighted by molar-refractivity contribution is 7.15. The number of fused-ring (bicyclic) bond motifs is 1. The normalized spacial score (nSPS) is 10.9. The van der Waals surface area contributed by atoms with E-state index in [1.807, 2.05) is 27.4 Å². The number of carbonyl (C=O) groups is 1. The second-order valence-electron chi connectivity index (χ2n) is 5.69. The number of thiazole rings is 1. The Balaban J connectivity index is 1.33. The minimum Gasteiger partial charge on any atom is -0.497 e. The Morgan fingerprint density at radius 1 is 1.22 bits per heavy atom. The first-order valence-electron chi connectivity index (χ1n) is 8.29. The Morgan fingerprint density at radius 2 is 2.07 bits per heavy atom. The van der Waals surface area contributed by atoms with Gasteiger partial charge in [0.05, 0.1) is 17.7 Å². The Bertz CT molecular complexity index is 1040. The van der Waals surface area contributed by atoms with Crippen molar-refractivity contribution in [2.45, 2.75) is 6.42 Å². The molecule has 0 bridgehead atoms. The fourth-order valence-corrected chi connectivity index (χ4v) is 4.07. The van der Waals surface area contributed by atoms with Crippen LogP contribution in [-0.2, 0) is 6.42 Å². The molecular formula is C18H17N5O2S2. The van der Waals surface area contributed by atoms with Crippen LogP contribution < -0.4 is 15.4 Å². The van der Waals surface area contributed by atoms with Crippen molar-refractivity contribution in [1.29, 1.82) is 0 Å². The maximum atomic E-state index is 12.0. The summed E-state index contributed by atoms with van der Waals surface area (Å²) < 4.78 is 6.95. The van der Waals surface area contributed by atoms with Gasteiger partial charge < -0.3 is 15.4 Å². The fourth-order valence-electron chi connectivity index (χ4n) is 2.56. The van der Waals surface area contributed by atoms with E-state index in [1.165, 1.54) is 0 Å². The SMILES string of the molecule is COc1ccc(NC(=O)NCCc2csc3nc(-c4cccs4)nn23)cc1. The van der Waals surface area contributed by atoms with Gasteiger partial charge in [0.2, 0.25) is 4.96 Å². The average molecular weight is 400 g/mol. The third kappa shape index (κ3) is 3.93. The summed E-state index contributed by atoms with van der Waals surface area (Å²) in [6.45, 7) is 0.502. The Morgan fingerprint density at radius 3 is 2.81 bits per heavy atom. The second kappa shape index (κ2) is 7.77. The summed E-state index contributed by atoms with van der Waals surface area (Å²) >= 11 is 3.17. The van der Waals surface area contributed by atoms with Crippen LogP contribution in [0.4, 0.5) is 10.5 Å². The lowest BCUT2D eigenvalue weighted by atomic mass is 10.3. The van der Waals surface area contributed by atoms with Gasteiger partial charge in [0, 0.05) is 24.0 Å². The molecule has 3 heterocycles. The predicted molar refractivity (Wildman–Crippen MR) is 108 cm³/mol. The van der Waals surface area contributed by atoms with E-state index < -0.39 is 0 Å². The van der Waals surface area contributed by atoms with Crippen molar-refractivity contribution in [3.8, 4) is 16.5 Å². The molecule has 7 nitrogen and oxygen atoms in total. The lowest BCUT2D eigenvalue weighted by Crippen LogP contribution is -2.30. The van der Waals surface area contributed by atoms with Gasteiger partial charge in [0.1, 0.15) is 5.75 Å². The van der Waals surface area contributed by atoms with Crippen LogP contribution in [0.3, 0.4) is 0 Å². The molecule has 0 aliphatic rings. The average Bonchev–Trinajstić information content (AvgIpc) is 3.40. The molecule has 0 aliphatic heterocycles. The third-order valence-electron chi connectivity index (χ3n) is 3.91. The van der Waals surface area contributed by atoms with E-state index in [0.29, 0.717) is 18.7 Å². The molecule has 9 heteroatoms. The van der Waals surface area contributed by atoms with Crippen molar-refractivity contribution in [3.05, 3.63) is 52.9 Å². The molecule has 0 saturated heterocycles. The number of carbonyl (C=O) groups excluding carboxylic acids is 1. The van der Waals surface area contributed by atoms with Crippen molar-refractivity contribution in [3.63, 3.8) is 0 Å². The van der Waals surface area contributed by atoms with E-state index in [4.69, 9.17) is 4.74 Å². The summed E-state index contributed by atoms with van der Waals surface area (Å²) in [5.74, 6) is 1.49. The van der Waals surface area contributed by atoms with Crippen molar-refractivity contribution in [2.75, 3.05) is 19.0 Å². The van der Waals surface area contributed by atoms with Gasteiger partial charge in [-0.05, 0) is 35.7 Å². The smallest absolute Gasteiger partial charge is 0.319 e. The van der Waals surface area contributed by atoms with Gasteiger partial charge in [-0.25, -0.2) is 9.31 Å². The molecule has 0 radical (unpaired) electrons. The quantitative estimate of drug-likeness (QED) is 0.515. The van der Waals surface area contributed by atoms with Gasteiger partial charge in [0.25, 0.3) is 0 Å². The zero-order valence-corrected chi connectivity index (χ0v) is 16.1. The van der Waals surface area contributed by atoms with Crippen LogP contribution in [0, 0.1) is 0 Å². The number of aromatic nitrogens is 3. The highest BCUT2D eigenvalue weighted by Crippen LogP contribution is 2.24. The molecule has 0 atom stereocenters. The number of amides is 2. The molecule has 0 fully saturated rings. The summed E-state index contributed by atoms with van der Waals surface area (Å²) in [6, 6.07) is 10.9. The molecule has 1 aromatic carbocycles. The predicted octanol–water partition coefficient (Wildman–Crippen LogP) is 3.89. The summed E-state index contributed by atoms with van der Waals surface area (Å²) in [4.78, 5) is 18.5. The van der Waals surface area contributed by atoms with E-state index in [9.17, 15) is 4.79 Å². The van der Waals surface area contributed by atoms with Crippen LogP contribution in [0.1, 0.15) is 5.69 Å². The van der Waals surface area contributed by atoms with Crippen LogP contribution in [0.15, 0.2) is 47.2 Å². The van der Waals surface area contributed by atoms with Gasteiger partial charge in [-0.1, -0.05) is 6.07 Å². The van der Waals surface area contributed by atoms with E-state index in [1.54, 1.807) is 54.0 Å². The molecule has 27 heavy (non-hydrogen) atoms. The maximum Gasteiger partial charge on any atom is 0.319 e. The lowest BCUT2D eigenvalue weighted by molar-refractivity contribution is 0.252. The van der Waals surface area contributed by atoms with Gasteiger partial charge in [-0.2, -0.15) is 4.98 Å². The minimum atomic E-state index is -0.246. The molecule has 0 saturated carbocycles. The molecule has 4 rings (SSSR count). The number of thiophene rings is 1. The lowest BCUT2D eigenvalue weighted by Gasteiger charge is -2.08. The highest BCUT2D eigenvalue weighted by Gasteiger charge is 2.12. The molecule has 0 spiro atoms. The molecule has 0 aliphatic carbocycles. The van der Waals surface area contributed by atoms with E-state index >= 15 is 0 Å². The first-order valence-corrected chi connectivity index (χ1v) is 10.0. The van der Waals surface area contributed by atoms with Gasteiger partial charge >= 0.3 is 6.03 Å². The van der Waals surface area contributed by atoms with E-state index in [2.05, 4.69) is 20.7 Å². The number of hydrogen-bond acceptors (Lipinski definition) is 6. The van der Waals surface area contributed by atoms with Crippen LogP contribution in [-0.4, -0.2) is 34.3 Å². The zero-order valence-electron chi connectivity index (χ0n) is 14.5. The van der Waals surface area contributed by atoms with Crippen molar-refractivity contribution >= 4 is 39.4 Å². The van der Waals surface area contributed by atoms with Crippen LogP contribution in [0.2, 0.25) is 0 Å². The van der Waals surface area contributed by atoms with Gasteiger partial charge in [-0.15, -0.1) is 27.8 Å². The van der Waals surface area contributed by atoms with Crippen molar-refractivity contribution < 1.29 is 9.53 Å². The largest absolute Gasteiger partial charge is 0.497 e. The molecule has 2 amide bonds. The molecule has 0 unspecified atom stereocenters. The number of rotatable bonds is 6. The number of hydrogen-bond donors (Lipinski definition) is 2. The summed E-state index contributed by atoms with van der Waals surface area (Å²) in [7, 11) is 1.61. The molecule has 2 N–H and O–H groups in total. The van der Waals surface area contributed by atoms with Crippen molar-refractivity contribution in [1.82, 2.24) is 19.9 Å². The Hall–Kier alpha value is -2.91. The first kappa shape index (κ1) is 17.5. The van der Waals surface area contributed by atoms with Gasteiger partial charge in [0.15, 0.2) is 5.82 Å². The maximum absolute atomic E-state index is 12.0.